The molecular weight excluding hydrogens is 256 g/mol. The lowest BCUT2D eigenvalue weighted by Gasteiger charge is -2.28. The minimum atomic E-state index is -0.147. The number of anilines is 1. The molecule has 5 nitrogen and oxygen atoms in total. The highest BCUT2D eigenvalue weighted by Gasteiger charge is 2.26. The Morgan fingerprint density at radius 3 is 2.85 bits per heavy atom. The highest BCUT2D eigenvalue weighted by Crippen LogP contribution is 2.31. The summed E-state index contributed by atoms with van der Waals surface area (Å²) in [6.07, 6.45) is 2.13. The Morgan fingerprint density at radius 1 is 1.30 bits per heavy atom. The van der Waals surface area contributed by atoms with Gasteiger partial charge in [-0.1, -0.05) is 30.3 Å². The summed E-state index contributed by atoms with van der Waals surface area (Å²) >= 11 is 0. The average Bonchev–Trinajstić information content (AvgIpc) is 2.51. The van der Waals surface area contributed by atoms with Crippen LogP contribution in [0.25, 0.3) is 0 Å². The standard InChI is InChI=1S/C15H12N2O3/c18-9-12-6-13-15(16-7-12)20-10-14(19)17(13)8-11-4-2-1-3-5-11/h1-7,9H,8,10H2. The molecule has 0 atom stereocenters. The van der Waals surface area contributed by atoms with Crippen molar-refractivity contribution in [3.8, 4) is 5.88 Å². The molecule has 0 aliphatic carbocycles. The Labute approximate surface area is 115 Å². The summed E-state index contributed by atoms with van der Waals surface area (Å²) < 4.78 is 5.28. The predicted octanol–water partition coefficient (Wildman–Crippen LogP) is 1.82. The van der Waals surface area contributed by atoms with Crippen molar-refractivity contribution in [3.63, 3.8) is 0 Å². The molecular formula is C15H12N2O3. The lowest BCUT2D eigenvalue weighted by Crippen LogP contribution is -2.38. The van der Waals surface area contributed by atoms with Gasteiger partial charge in [-0.25, -0.2) is 4.98 Å². The van der Waals surface area contributed by atoms with E-state index in [1.165, 1.54) is 6.20 Å². The molecule has 1 aromatic carbocycles. The quantitative estimate of drug-likeness (QED) is 0.797. The highest BCUT2D eigenvalue weighted by atomic mass is 16.5. The summed E-state index contributed by atoms with van der Waals surface area (Å²) in [6, 6.07) is 11.3. The van der Waals surface area contributed by atoms with Gasteiger partial charge in [-0.15, -0.1) is 0 Å². The van der Waals surface area contributed by atoms with E-state index in [1.807, 2.05) is 30.3 Å². The lowest BCUT2D eigenvalue weighted by atomic mass is 10.1. The van der Waals surface area contributed by atoms with E-state index in [0.717, 1.165) is 5.56 Å². The third-order valence-corrected chi connectivity index (χ3v) is 3.10. The van der Waals surface area contributed by atoms with E-state index >= 15 is 0 Å². The third-order valence-electron chi connectivity index (χ3n) is 3.10. The topological polar surface area (TPSA) is 59.5 Å². The van der Waals surface area contributed by atoms with Gasteiger partial charge in [0.25, 0.3) is 5.91 Å². The molecule has 0 saturated heterocycles. The Morgan fingerprint density at radius 2 is 2.10 bits per heavy atom. The van der Waals surface area contributed by atoms with Gasteiger partial charge < -0.3 is 9.64 Å². The van der Waals surface area contributed by atoms with Crippen molar-refractivity contribution >= 4 is 17.9 Å². The lowest BCUT2D eigenvalue weighted by molar-refractivity contribution is -0.121. The van der Waals surface area contributed by atoms with Gasteiger partial charge in [0, 0.05) is 11.8 Å². The number of amides is 1. The number of carbonyl (C=O) groups is 2. The van der Waals surface area contributed by atoms with Crippen LogP contribution in [0.5, 0.6) is 5.88 Å². The zero-order valence-corrected chi connectivity index (χ0v) is 10.7. The maximum absolute atomic E-state index is 12.0. The first-order valence-corrected chi connectivity index (χ1v) is 6.20. The molecule has 0 saturated carbocycles. The van der Waals surface area contributed by atoms with Crippen LogP contribution < -0.4 is 9.64 Å². The minimum Gasteiger partial charge on any atom is -0.466 e. The summed E-state index contributed by atoms with van der Waals surface area (Å²) in [7, 11) is 0. The van der Waals surface area contributed by atoms with E-state index in [1.54, 1.807) is 11.0 Å². The van der Waals surface area contributed by atoms with Crippen LogP contribution in [-0.4, -0.2) is 23.8 Å². The van der Waals surface area contributed by atoms with Crippen LogP contribution in [0.1, 0.15) is 15.9 Å². The number of aldehydes is 1. The van der Waals surface area contributed by atoms with Crippen LogP contribution in [0.3, 0.4) is 0 Å². The van der Waals surface area contributed by atoms with Crippen molar-refractivity contribution in [1.82, 2.24) is 4.98 Å². The summed E-state index contributed by atoms with van der Waals surface area (Å²) in [6.45, 7) is 0.396. The van der Waals surface area contributed by atoms with E-state index in [2.05, 4.69) is 4.98 Å². The van der Waals surface area contributed by atoms with E-state index in [0.29, 0.717) is 30.0 Å². The molecule has 2 heterocycles. The molecule has 2 aromatic rings. The third kappa shape index (κ3) is 2.25. The zero-order chi connectivity index (χ0) is 13.9. The van der Waals surface area contributed by atoms with Gasteiger partial charge >= 0.3 is 0 Å². The predicted molar refractivity (Wildman–Crippen MR) is 72.8 cm³/mol. The largest absolute Gasteiger partial charge is 0.466 e. The second kappa shape index (κ2) is 5.13. The average molecular weight is 268 g/mol. The van der Waals surface area contributed by atoms with Crippen LogP contribution in [0.15, 0.2) is 42.6 Å². The molecule has 100 valence electrons. The number of aromatic nitrogens is 1. The van der Waals surface area contributed by atoms with Gasteiger partial charge in [-0.3, -0.25) is 9.59 Å². The maximum Gasteiger partial charge on any atom is 0.265 e. The first-order valence-electron chi connectivity index (χ1n) is 6.20. The number of nitrogens with zero attached hydrogens (tertiary/aromatic N) is 2. The number of hydrogen-bond donors (Lipinski definition) is 0. The molecule has 3 rings (SSSR count). The van der Waals surface area contributed by atoms with Crippen LogP contribution in [0.2, 0.25) is 0 Å². The fourth-order valence-corrected chi connectivity index (χ4v) is 2.11. The van der Waals surface area contributed by atoms with Gasteiger partial charge in [-0.2, -0.15) is 0 Å². The molecule has 1 aliphatic rings. The normalized spacial score (nSPS) is 13.6. The Hall–Kier alpha value is -2.69. The van der Waals surface area contributed by atoms with Gasteiger partial charge in [0.05, 0.1) is 6.54 Å². The summed E-state index contributed by atoms with van der Waals surface area (Å²) in [5.41, 5.74) is 1.96. The molecule has 0 N–H and O–H groups in total. The number of carbonyl (C=O) groups excluding carboxylic acids is 2. The molecule has 0 radical (unpaired) electrons. The second-order valence-corrected chi connectivity index (χ2v) is 4.46. The SMILES string of the molecule is O=Cc1cnc2c(c1)N(Cc1ccccc1)C(=O)CO2. The highest BCUT2D eigenvalue weighted by molar-refractivity contribution is 5.98. The van der Waals surface area contributed by atoms with Crippen molar-refractivity contribution < 1.29 is 14.3 Å². The first kappa shape index (κ1) is 12.3. The van der Waals surface area contributed by atoms with Crippen molar-refractivity contribution in [2.24, 2.45) is 0 Å². The van der Waals surface area contributed by atoms with Crippen molar-refractivity contribution in [3.05, 3.63) is 53.7 Å². The van der Waals surface area contributed by atoms with Gasteiger partial charge in [-0.05, 0) is 11.6 Å². The first-order chi connectivity index (χ1) is 9.78. The number of ether oxygens (including phenoxy) is 1. The second-order valence-electron chi connectivity index (χ2n) is 4.46. The molecule has 1 amide bonds. The zero-order valence-electron chi connectivity index (χ0n) is 10.7. The summed E-state index contributed by atoms with van der Waals surface area (Å²) in [5.74, 6) is 0.234. The van der Waals surface area contributed by atoms with Gasteiger partial charge in [0.2, 0.25) is 5.88 Å². The van der Waals surface area contributed by atoms with Crippen LogP contribution in [0, 0.1) is 0 Å². The van der Waals surface area contributed by atoms with Crippen molar-refractivity contribution in [1.29, 1.82) is 0 Å². The van der Waals surface area contributed by atoms with Crippen LogP contribution in [0.4, 0.5) is 5.69 Å². The fraction of sp³-hybridized carbons (Fsp3) is 0.133. The summed E-state index contributed by atoms with van der Waals surface area (Å²) in [4.78, 5) is 28.6. The number of rotatable bonds is 3. The number of benzene rings is 1. The Balaban J connectivity index is 1.98. The minimum absolute atomic E-state index is 0.0345. The molecule has 0 fully saturated rings. The molecule has 0 spiro atoms. The van der Waals surface area contributed by atoms with E-state index in [4.69, 9.17) is 4.74 Å². The number of pyridine rings is 1. The van der Waals surface area contributed by atoms with E-state index < -0.39 is 0 Å². The Kier molecular flexibility index (Phi) is 3.16. The smallest absolute Gasteiger partial charge is 0.265 e. The fourth-order valence-electron chi connectivity index (χ4n) is 2.11. The Bertz CT molecular complexity index is 655. The molecule has 0 unspecified atom stereocenters. The van der Waals surface area contributed by atoms with E-state index in [9.17, 15) is 9.59 Å². The summed E-state index contributed by atoms with van der Waals surface area (Å²) in [5, 5.41) is 0. The van der Waals surface area contributed by atoms with Crippen LogP contribution in [-0.2, 0) is 11.3 Å². The van der Waals surface area contributed by atoms with Gasteiger partial charge in [0.15, 0.2) is 12.9 Å². The molecule has 0 bridgehead atoms. The van der Waals surface area contributed by atoms with E-state index in [-0.39, 0.29) is 12.5 Å². The monoisotopic (exact) mass is 268 g/mol. The van der Waals surface area contributed by atoms with Crippen molar-refractivity contribution in [2.45, 2.75) is 6.54 Å². The number of hydrogen-bond acceptors (Lipinski definition) is 4. The van der Waals surface area contributed by atoms with Crippen LogP contribution >= 0.6 is 0 Å². The molecule has 5 heteroatoms. The number of fused-ring (bicyclic) bond motifs is 1. The van der Waals surface area contributed by atoms with Gasteiger partial charge in [0.1, 0.15) is 5.69 Å². The maximum atomic E-state index is 12.0. The molecule has 1 aliphatic heterocycles. The molecule has 1 aromatic heterocycles. The molecule has 20 heavy (non-hydrogen) atoms. The van der Waals surface area contributed by atoms with Crippen molar-refractivity contribution in [2.75, 3.05) is 11.5 Å².